The summed E-state index contributed by atoms with van der Waals surface area (Å²) in [5.41, 5.74) is 1.52. The van der Waals surface area contributed by atoms with Crippen LogP contribution in [0.4, 0.5) is 4.39 Å². The first kappa shape index (κ1) is 10.8. The van der Waals surface area contributed by atoms with Crippen molar-refractivity contribution in [1.29, 1.82) is 0 Å². The van der Waals surface area contributed by atoms with Crippen molar-refractivity contribution in [2.45, 2.75) is 19.4 Å². The van der Waals surface area contributed by atoms with Gasteiger partial charge in [-0.05, 0) is 31.2 Å². The molecule has 1 aromatic carbocycles. The summed E-state index contributed by atoms with van der Waals surface area (Å²) in [6.07, 6.45) is 1.60. The van der Waals surface area contributed by atoms with E-state index in [9.17, 15) is 9.50 Å². The van der Waals surface area contributed by atoms with Crippen molar-refractivity contribution in [2.75, 3.05) is 0 Å². The average Bonchev–Trinajstić information content (AvgIpc) is 2.66. The zero-order valence-electron chi connectivity index (χ0n) is 8.84. The average molecular weight is 221 g/mol. The highest BCUT2D eigenvalue weighted by molar-refractivity contribution is 5.32. The van der Waals surface area contributed by atoms with Gasteiger partial charge >= 0.3 is 0 Å². The van der Waals surface area contributed by atoms with E-state index in [-0.39, 0.29) is 5.82 Å². The fourth-order valence-corrected chi connectivity index (χ4v) is 1.50. The molecule has 0 bridgehead atoms. The number of aliphatic hydroxyl groups excluding tert-OH is 1. The standard InChI is InChI=1S/C11H12FN3O/c1-8(16)6-11-7-13-14-15(11)10-4-2-9(12)3-5-10/h2-5,7-8,16H,6H2,1H3. The topological polar surface area (TPSA) is 50.9 Å². The number of rotatable bonds is 3. The number of aromatic nitrogens is 3. The van der Waals surface area contributed by atoms with Crippen LogP contribution in [0.5, 0.6) is 0 Å². The zero-order chi connectivity index (χ0) is 11.5. The maximum absolute atomic E-state index is 12.8. The van der Waals surface area contributed by atoms with Crippen LogP contribution < -0.4 is 0 Å². The first-order valence-corrected chi connectivity index (χ1v) is 5.00. The van der Waals surface area contributed by atoms with Crippen molar-refractivity contribution in [3.63, 3.8) is 0 Å². The maximum Gasteiger partial charge on any atom is 0.123 e. The summed E-state index contributed by atoms with van der Waals surface area (Å²) in [6.45, 7) is 1.70. The van der Waals surface area contributed by atoms with Gasteiger partial charge in [0.25, 0.3) is 0 Å². The molecule has 2 aromatic rings. The molecule has 0 aliphatic heterocycles. The minimum absolute atomic E-state index is 0.291. The van der Waals surface area contributed by atoms with E-state index < -0.39 is 6.10 Å². The number of hydrogen-bond acceptors (Lipinski definition) is 3. The summed E-state index contributed by atoms with van der Waals surface area (Å²) in [6, 6.07) is 5.97. The second-order valence-electron chi connectivity index (χ2n) is 3.67. The summed E-state index contributed by atoms with van der Waals surface area (Å²) in [5, 5.41) is 17.0. The third kappa shape index (κ3) is 2.25. The molecule has 0 fully saturated rings. The molecule has 1 N–H and O–H groups in total. The van der Waals surface area contributed by atoms with Crippen LogP contribution in [0.25, 0.3) is 5.69 Å². The summed E-state index contributed by atoms with van der Waals surface area (Å²) in [5.74, 6) is -0.291. The quantitative estimate of drug-likeness (QED) is 0.850. The summed E-state index contributed by atoms with van der Waals surface area (Å²) in [7, 11) is 0. The molecule has 0 aliphatic carbocycles. The Bertz CT molecular complexity index is 464. The van der Waals surface area contributed by atoms with E-state index >= 15 is 0 Å². The molecule has 5 heteroatoms. The van der Waals surface area contributed by atoms with E-state index in [0.717, 1.165) is 11.4 Å². The molecule has 1 heterocycles. The molecule has 1 unspecified atom stereocenters. The largest absolute Gasteiger partial charge is 0.393 e. The molecule has 16 heavy (non-hydrogen) atoms. The van der Waals surface area contributed by atoms with Crippen molar-refractivity contribution in [3.8, 4) is 5.69 Å². The second-order valence-corrected chi connectivity index (χ2v) is 3.67. The summed E-state index contributed by atoms with van der Waals surface area (Å²) in [4.78, 5) is 0. The van der Waals surface area contributed by atoms with Crippen molar-refractivity contribution in [2.24, 2.45) is 0 Å². The molecule has 0 amide bonds. The van der Waals surface area contributed by atoms with Gasteiger partial charge in [-0.25, -0.2) is 9.07 Å². The fourth-order valence-electron chi connectivity index (χ4n) is 1.50. The lowest BCUT2D eigenvalue weighted by Crippen LogP contribution is -2.10. The molecule has 84 valence electrons. The lowest BCUT2D eigenvalue weighted by Gasteiger charge is -2.07. The number of benzene rings is 1. The normalized spacial score (nSPS) is 12.7. The molecule has 2 rings (SSSR count). The highest BCUT2D eigenvalue weighted by Gasteiger charge is 2.08. The first-order chi connectivity index (χ1) is 7.66. The molecule has 1 atom stereocenters. The van der Waals surface area contributed by atoms with Crippen LogP contribution in [0, 0.1) is 5.82 Å². The van der Waals surface area contributed by atoms with E-state index in [4.69, 9.17) is 0 Å². The van der Waals surface area contributed by atoms with Gasteiger partial charge in [-0.3, -0.25) is 0 Å². The number of nitrogens with zero attached hydrogens (tertiary/aromatic N) is 3. The van der Waals surface area contributed by atoms with Gasteiger partial charge in [0.05, 0.1) is 23.7 Å². The van der Waals surface area contributed by atoms with Crippen LogP contribution in [0.3, 0.4) is 0 Å². The highest BCUT2D eigenvalue weighted by atomic mass is 19.1. The van der Waals surface area contributed by atoms with Crippen LogP contribution in [0.15, 0.2) is 30.5 Å². The van der Waals surface area contributed by atoms with Crippen LogP contribution in [-0.2, 0) is 6.42 Å². The van der Waals surface area contributed by atoms with Crippen LogP contribution in [0.2, 0.25) is 0 Å². The molecule has 1 aromatic heterocycles. The third-order valence-corrected chi connectivity index (χ3v) is 2.20. The number of hydrogen-bond donors (Lipinski definition) is 1. The van der Waals surface area contributed by atoms with Gasteiger partial charge in [0.15, 0.2) is 0 Å². The Kier molecular flexibility index (Phi) is 2.96. The molecule has 0 saturated heterocycles. The van der Waals surface area contributed by atoms with Gasteiger partial charge in [-0.15, -0.1) is 5.10 Å². The van der Waals surface area contributed by atoms with E-state index in [1.165, 1.54) is 12.1 Å². The van der Waals surface area contributed by atoms with Crippen LogP contribution in [0.1, 0.15) is 12.6 Å². The predicted octanol–water partition coefficient (Wildman–Crippen LogP) is 1.33. The first-order valence-electron chi connectivity index (χ1n) is 5.00. The molecule has 4 nitrogen and oxygen atoms in total. The Morgan fingerprint density at radius 1 is 1.38 bits per heavy atom. The Hall–Kier alpha value is -1.75. The molecule has 0 radical (unpaired) electrons. The van der Waals surface area contributed by atoms with Crippen molar-refractivity contribution in [1.82, 2.24) is 15.0 Å². The smallest absolute Gasteiger partial charge is 0.123 e. The van der Waals surface area contributed by atoms with Gasteiger partial charge < -0.3 is 5.11 Å². The zero-order valence-corrected chi connectivity index (χ0v) is 8.84. The number of halogens is 1. The minimum atomic E-state index is -0.460. The SMILES string of the molecule is CC(O)Cc1cnnn1-c1ccc(F)cc1. The van der Waals surface area contributed by atoms with Crippen LogP contribution >= 0.6 is 0 Å². The predicted molar refractivity (Wildman–Crippen MR) is 56.7 cm³/mol. The Balaban J connectivity index is 2.33. The van der Waals surface area contributed by atoms with E-state index in [1.54, 1.807) is 29.9 Å². The van der Waals surface area contributed by atoms with Gasteiger partial charge in [0.1, 0.15) is 5.82 Å². The highest BCUT2D eigenvalue weighted by Crippen LogP contribution is 2.11. The molecular weight excluding hydrogens is 209 g/mol. The number of aliphatic hydroxyl groups is 1. The van der Waals surface area contributed by atoms with Gasteiger partial charge in [-0.2, -0.15) is 0 Å². The lowest BCUT2D eigenvalue weighted by atomic mass is 10.2. The molecule has 0 aliphatic rings. The Labute approximate surface area is 92.3 Å². The lowest BCUT2D eigenvalue weighted by molar-refractivity contribution is 0.193. The Morgan fingerprint density at radius 2 is 2.06 bits per heavy atom. The summed E-state index contributed by atoms with van der Waals surface area (Å²) < 4.78 is 14.3. The monoisotopic (exact) mass is 221 g/mol. The van der Waals surface area contributed by atoms with Crippen LogP contribution in [-0.4, -0.2) is 26.2 Å². The Morgan fingerprint density at radius 3 is 2.69 bits per heavy atom. The van der Waals surface area contributed by atoms with E-state index in [2.05, 4.69) is 10.3 Å². The van der Waals surface area contributed by atoms with Crippen molar-refractivity contribution in [3.05, 3.63) is 42.0 Å². The van der Waals surface area contributed by atoms with E-state index in [1.807, 2.05) is 0 Å². The van der Waals surface area contributed by atoms with Crippen molar-refractivity contribution >= 4 is 0 Å². The van der Waals surface area contributed by atoms with Gasteiger partial charge in [0.2, 0.25) is 0 Å². The van der Waals surface area contributed by atoms with Crippen molar-refractivity contribution < 1.29 is 9.50 Å². The van der Waals surface area contributed by atoms with E-state index in [0.29, 0.717) is 6.42 Å². The van der Waals surface area contributed by atoms with Gasteiger partial charge in [-0.1, -0.05) is 5.21 Å². The maximum atomic E-state index is 12.8. The minimum Gasteiger partial charge on any atom is -0.393 e. The molecule has 0 saturated carbocycles. The molecular formula is C11H12FN3O. The second kappa shape index (κ2) is 4.40. The van der Waals surface area contributed by atoms with Gasteiger partial charge in [0, 0.05) is 6.42 Å². The summed E-state index contributed by atoms with van der Waals surface area (Å²) >= 11 is 0. The fraction of sp³-hybridized carbons (Fsp3) is 0.273. The molecule has 0 spiro atoms. The third-order valence-electron chi connectivity index (χ3n) is 2.20.